The normalized spacial score (nSPS) is 10.8. The Kier molecular flexibility index (Phi) is 8.60. The summed E-state index contributed by atoms with van der Waals surface area (Å²) in [5.41, 5.74) is 4.64. The zero-order chi connectivity index (χ0) is 23.1. The number of nitrogens with zero attached hydrogens (tertiary/aromatic N) is 1. The van der Waals surface area contributed by atoms with E-state index in [9.17, 15) is 9.59 Å². The van der Waals surface area contributed by atoms with Crippen LogP contribution in [0.25, 0.3) is 0 Å². The summed E-state index contributed by atoms with van der Waals surface area (Å²) in [7, 11) is 0. The van der Waals surface area contributed by atoms with Gasteiger partial charge in [-0.15, -0.1) is 0 Å². The molecule has 0 saturated heterocycles. The van der Waals surface area contributed by atoms with Gasteiger partial charge in [-0.2, -0.15) is 5.10 Å². The molecule has 0 aliphatic heterocycles. The maximum atomic E-state index is 12.2. The number of amides is 1. The third-order valence-corrected chi connectivity index (χ3v) is 5.77. The number of esters is 1. The second kappa shape index (κ2) is 11.4. The quantitative estimate of drug-likeness (QED) is 0.151. The number of aryl methyl sites for hydroxylation is 1. The van der Waals surface area contributed by atoms with E-state index in [1.807, 2.05) is 19.1 Å². The van der Waals surface area contributed by atoms with Crippen LogP contribution in [0.1, 0.15) is 21.5 Å². The van der Waals surface area contributed by atoms with Gasteiger partial charge >= 0.3 is 5.97 Å². The fourth-order valence-electron chi connectivity index (χ4n) is 2.55. The first-order valence-electron chi connectivity index (χ1n) is 9.30. The molecular weight excluding hydrogens is 608 g/mol. The SMILES string of the molecule is Cc1cc(Br)c(OCC(=O)NN=Cc2ccc(OC(=O)c3ccc(Br)cc3)cc2)c(Br)c1. The Morgan fingerprint density at radius 2 is 1.59 bits per heavy atom. The fourth-order valence-corrected chi connectivity index (χ4v) is 4.46. The van der Waals surface area contributed by atoms with Crippen LogP contribution in [0.2, 0.25) is 0 Å². The zero-order valence-electron chi connectivity index (χ0n) is 16.8. The molecule has 1 amide bonds. The van der Waals surface area contributed by atoms with E-state index >= 15 is 0 Å². The molecule has 3 aromatic carbocycles. The lowest BCUT2D eigenvalue weighted by atomic mass is 10.2. The minimum absolute atomic E-state index is 0.192. The molecule has 164 valence electrons. The lowest BCUT2D eigenvalue weighted by Gasteiger charge is -2.10. The molecule has 0 spiro atoms. The molecule has 0 heterocycles. The summed E-state index contributed by atoms with van der Waals surface area (Å²) in [5, 5.41) is 3.92. The van der Waals surface area contributed by atoms with E-state index in [4.69, 9.17) is 9.47 Å². The van der Waals surface area contributed by atoms with E-state index in [2.05, 4.69) is 58.3 Å². The first-order valence-corrected chi connectivity index (χ1v) is 11.7. The van der Waals surface area contributed by atoms with Crippen molar-refractivity contribution in [2.75, 3.05) is 6.61 Å². The average Bonchev–Trinajstić information content (AvgIpc) is 2.74. The molecule has 0 aliphatic carbocycles. The highest BCUT2D eigenvalue weighted by molar-refractivity contribution is 9.11. The lowest BCUT2D eigenvalue weighted by Crippen LogP contribution is -2.24. The van der Waals surface area contributed by atoms with Gasteiger partial charge in [-0.05, 0) is 111 Å². The van der Waals surface area contributed by atoms with Crippen LogP contribution in [0, 0.1) is 6.92 Å². The number of hydrazone groups is 1. The Labute approximate surface area is 210 Å². The van der Waals surface area contributed by atoms with Crippen molar-refractivity contribution in [2.24, 2.45) is 5.10 Å². The van der Waals surface area contributed by atoms with Crippen molar-refractivity contribution in [3.8, 4) is 11.5 Å². The van der Waals surface area contributed by atoms with Gasteiger partial charge in [-0.1, -0.05) is 15.9 Å². The smallest absolute Gasteiger partial charge is 0.343 e. The predicted molar refractivity (Wildman–Crippen MR) is 133 cm³/mol. The summed E-state index contributed by atoms with van der Waals surface area (Å²) in [4.78, 5) is 24.1. The van der Waals surface area contributed by atoms with E-state index in [0.717, 1.165) is 24.5 Å². The summed E-state index contributed by atoms with van der Waals surface area (Å²) in [6.45, 7) is 1.77. The zero-order valence-corrected chi connectivity index (χ0v) is 21.5. The Balaban J connectivity index is 1.48. The maximum absolute atomic E-state index is 12.2. The van der Waals surface area contributed by atoms with Crippen LogP contribution in [-0.4, -0.2) is 24.7 Å². The molecule has 3 aromatic rings. The summed E-state index contributed by atoms with van der Waals surface area (Å²) >= 11 is 10.2. The molecule has 0 radical (unpaired) electrons. The van der Waals surface area contributed by atoms with E-state index in [-0.39, 0.29) is 6.61 Å². The van der Waals surface area contributed by atoms with Crippen LogP contribution >= 0.6 is 47.8 Å². The molecule has 0 bridgehead atoms. The summed E-state index contributed by atoms with van der Waals surface area (Å²) in [6.07, 6.45) is 1.48. The molecule has 0 unspecified atom stereocenters. The maximum Gasteiger partial charge on any atom is 0.343 e. The molecular formula is C23H17Br3N2O4. The first-order chi connectivity index (χ1) is 15.3. The molecule has 3 rings (SSSR count). The molecule has 6 nitrogen and oxygen atoms in total. The van der Waals surface area contributed by atoms with Crippen LogP contribution in [0.15, 0.2) is 79.2 Å². The molecule has 0 atom stereocenters. The van der Waals surface area contributed by atoms with Gasteiger partial charge in [0.05, 0.1) is 20.7 Å². The van der Waals surface area contributed by atoms with E-state index in [1.54, 1.807) is 48.5 Å². The van der Waals surface area contributed by atoms with Crippen LogP contribution in [0.4, 0.5) is 0 Å². The Morgan fingerprint density at radius 3 is 2.22 bits per heavy atom. The minimum Gasteiger partial charge on any atom is -0.481 e. The van der Waals surface area contributed by atoms with Crippen molar-refractivity contribution in [3.63, 3.8) is 0 Å². The fraction of sp³-hybridized carbons (Fsp3) is 0.0870. The van der Waals surface area contributed by atoms with Crippen molar-refractivity contribution >= 4 is 65.9 Å². The van der Waals surface area contributed by atoms with Crippen LogP contribution in [0.5, 0.6) is 11.5 Å². The molecule has 1 N–H and O–H groups in total. The number of hydrogen-bond donors (Lipinski definition) is 1. The third kappa shape index (κ3) is 7.01. The Hall–Kier alpha value is -2.49. The standard InChI is InChI=1S/C23H17Br3N2O4/c1-14-10-19(25)22(20(26)11-14)31-13-21(29)28-27-12-15-2-8-18(9-3-15)32-23(30)16-4-6-17(24)7-5-16/h2-12H,13H2,1H3,(H,28,29). The van der Waals surface area contributed by atoms with E-state index in [0.29, 0.717) is 17.1 Å². The summed E-state index contributed by atoms with van der Waals surface area (Å²) in [6, 6.07) is 17.4. The van der Waals surface area contributed by atoms with Crippen molar-refractivity contribution in [1.29, 1.82) is 0 Å². The van der Waals surface area contributed by atoms with Gasteiger partial charge < -0.3 is 9.47 Å². The number of halogens is 3. The topological polar surface area (TPSA) is 77.0 Å². The van der Waals surface area contributed by atoms with Crippen molar-refractivity contribution in [2.45, 2.75) is 6.92 Å². The highest BCUT2D eigenvalue weighted by Gasteiger charge is 2.10. The second-order valence-corrected chi connectivity index (χ2v) is 9.23. The van der Waals surface area contributed by atoms with E-state index < -0.39 is 11.9 Å². The second-order valence-electron chi connectivity index (χ2n) is 6.60. The van der Waals surface area contributed by atoms with Gasteiger partial charge in [-0.3, -0.25) is 4.79 Å². The summed E-state index contributed by atoms with van der Waals surface area (Å²) in [5.74, 6) is 0.100. The lowest BCUT2D eigenvalue weighted by molar-refractivity contribution is -0.123. The molecule has 32 heavy (non-hydrogen) atoms. The number of carbonyl (C=O) groups is 2. The molecule has 0 fully saturated rings. The third-order valence-electron chi connectivity index (χ3n) is 4.06. The van der Waals surface area contributed by atoms with Gasteiger partial charge in [-0.25, -0.2) is 10.2 Å². The molecule has 0 aliphatic rings. The molecule has 0 saturated carbocycles. The van der Waals surface area contributed by atoms with E-state index in [1.165, 1.54) is 6.21 Å². The average molecular weight is 625 g/mol. The Morgan fingerprint density at radius 1 is 0.969 bits per heavy atom. The van der Waals surface area contributed by atoms with Crippen LogP contribution in [-0.2, 0) is 4.79 Å². The number of nitrogens with one attached hydrogen (secondary N) is 1. The van der Waals surface area contributed by atoms with Gasteiger partial charge in [0.25, 0.3) is 5.91 Å². The highest BCUT2D eigenvalue weighted by atomic mass is 79.9. The number of hydrogen-bond acceptors (Lipinski definition) is 5. The Bertz CT molecular complexity index is 1120. The molecule has 9 heteroatoms. The van der Waals surface area contributed by atoms with Crippen LogP contribution < -0.4 is 14.9 Å². The highest BCUT2D eigenvalue weighted by Crippen LogP contribution is 2.34. The van der Waals surface area contributed by atoms with Gasteiger partial charge in [0.1, 0.15) is 11.5 Å². The van der Waals surface area contributed by atoms with Crippen molar-refractivity contribution in [1.82, 2.24) is 5.43 Å². The van der Waals surface area contributed by atoms with Gasteiger partial charge in [0.2, 0.25) is 0 Å². The summed E-state index contributed by atoms with van der Waals surface area (Å²) < 4.78 is 13.3. The number of carbonyl (C=O) groups excluding carboxylic acids is 2. The van der Waals surface area contributed by atoms with Crippen LogP contribution in [0.3, 0.4) is 0 Å². The molecule has 0 aromatic heterocycles. The largest absolute Gasteiger partial charge is 0.481 e. The minimum atomic E-state index is -0.446. The number of ether oxygens (including phenoxy) is 2. The predicted octanol–water partition coefficient (Wildman–Crippen LogP) is 6.03. The van der Waals surface area contributed by atoms with Crippen molar-refractivity contribution < 1.29 is 19.1 Å². The number of rotatable bonds is 7. The number of benzene rings is 3. The first kappa shape index (κ1) is 24.2. The van der Waals surface area contributed by atoms with Gasteiger partial charge in [0, 0.05) is 4.47 Å². The monoisotopic (exact) mass is 622 g/mol. The van der Waals surface area contributed by atoms with Crippen molar-refractivity contribution in [3.05, 3.63) is 90.8 Å². The van der Waals surface area contributed by atoms with Gasteiger partial charge in [0.15, 0.2) is 6.61 Å².